The van der Waals surface area contributed by atoms with Gasteiger partial charge in [0, 0.05) is 7.05 Å². The van der Waals surface area contributed by atoms with Crippen molar-refractivity contribution in [3.63, 3.8) is 0 Å². The van der Waals surface area contributed by atoms with Gasteiger partial charge in [-0.1, -0.05) is 30.3 Å². The summed E-state index contributed by atoms with van der Waals surface area (Å²) in [5.74, 6) is -0.479. The first-order valence-electron chi connectivity index (χ1n) is 4.48. The van der Waals surface area contributed by atoms with E-state index in [1.54, 1.807) is 31.3 Å². The van der Waals surface area contributed by atoms with Crippen LogP contribution in [0.5, 0.6) is 0 Å². The number of nitrogens with one attached hydrogen (secondary N) is 2. The van der Waals surface area contributed by atoms with Crippen LogP contribution < -0.4 is 10.9 Å². The summed E-state index contributed by atoms with van der Waals surface area (Å²) >= 11 is 0. The molecular weight excluding hydrogens is 194 g/mol. The molecule has 1 heterocycles. The fourth-order valence-electron chi connectivity index (χ4n) is 1.43. The minimum absolute atomic E-state index is 0.146. The fraction of sp³-hybridized carbons (Fsp3) is 0.100. The van der Waals surface area contributed by atoms with Crippen LogP contribution in [-0.4, -0.2) is 23.2 Å². The van der Waals surface area contributed by atoms with Gasteiger partial charge in [0.15, 0.2) is 0 Å². The molecule has 1 aliphatic heterocycles. The number of nitrogens with zero attached hydrogens (tertiary/aromatic N) is 1. The quantitative estimate of drug-likeness (QED) is 0.620. The highest BCUT2D eigenvalue weighted by molar-refractivity contribution is 6.20. The van der Waals surface area contributed by atoms with Crippen LogP contribution in [-0.2, 0) is 4.79 Å². The van der Waals surface area contributed by atoms with Gasteiger partial charge in [0.1, 0.15) is 5.57 Å². The minimum atomic E-state index is -0.333. The molecule has 0 radical (unpaired) electrons. The average molecular weight is 205 g/mol. The number of rotatable bonds is 1. The van der Waals surface area contributed by atoms with Crippen molar-refractivity contribution in [3.05, 3.63) is 41.8 Å². The maximum atomic E-state index is 11.6. The molecule has 0 aromatic heterocycles. The van der Waals surface area contributed by atoms with Crippen molar-refractivity contribution in [2.75, 3.05) is 7.05 Å². The van der Waals surface area contributed by atoms with E-state index in [1.165, 1.54) is 5.12 Å². The van der Waals surface area contributed by atoms with Gasteiger partial charge >= 0.3 is 0 Å². The van der Waals surface area contributed by atoms with E-state index in [0.717, 1.165) is 0 Å². The monoisotopic (exact) mass is 205 g/mol. The molecule has 78 valence electrons. The van der Waals surface area contributed by atoms with Gasteiger partial charge in [-0.05, 0) is 5.56 Å². The molecule has 3 N–H and O–H groups in total. The van der Waals surface area contributed by atoms with E-state index in [0.29, 0.717) is 5.56 Å². The molecule has 0 unspecified atom stereocenters. The van der Waals surface area contributed by atoms with Crippen LogP contribution in [0, 0.1) is 0 Å². The van der Waals surface area contributed by atoms with Crippen LogP contribution in [0.2, 0.25) is 0 Å². The van der Waals surface area contributed by atoms with Crippen LogP contribution >= 0.6 is 0 Å². The van der Waals surface area contributed by atoms with Gasteiger partial charge in [-0.2, -0.15) is 0 Å². The van der Waals surface area contributed by atoms with Crippen LogP contribution in [0.4, 0.5) is 0 Å². The van der Waals surface area contributed by atoms with E-state index >= 15 is 0 Å². The van der Waals surface area contributed by atoms with Crippen molar-refractivity contribution in [1.82, 2.24) is 16.0 Å². The van der Waals surface area contributed by atoms with Gasteiger partial charge in [0.2, 0.25) is 5.88 Å². The number of hydrogen-bond donors (Lipinski definition) is 3. The van der Waals surface area contributed by atoms with Gasteiger partial charge in [0.05, 0.1) is 0 Å². The molecule has 2 rings (SSSR count). The molecule has 5 nitrogen and oxygen atoms in total. The predicted octanol–water partition coefficient (Wildman–Crippen LogP) is 0.394. The van der Waals surface area contributed by atoms with Gasteiger partial charge in [-0.3, -0.25) is 15.6 Å². The average Bonchev–Trinajstić information content (AvgIpc) is 2.17. The summed E-state index contributed by atoms with van der Waals surface area (Å²) in [6, 6.07) is 8.99. The Balaban J connectivity index is 2.44. The maximum absolute atomic E-state index is 11.6. The highest BCUT2D eigenvalue weighted by Crippen LogP contribution is 2.18. The number of aliphatic hydroxyl groups is 1. The molecule has 0 atom stereocenters. The van der Waals surface area contributed by atoms with E-state index in [9.17, 15) is 9.90 Å². The van der Waals surface area contributed by atoms with E-state index in [2.05, 4.69) is 10.9 Å². The summed E-state index contributed by atoms with van der Waals surface area (Å²) in [4.78, 5) is 11.6. The first-order valence-corrected chi connectivity index (χ1v) is 4.48. The van der Waals surface area contributed by atoms with Crippen molar-refractivity contribution in [3.8, 4) is 0 Å². The normalized spacial score (nSPS) is 17.3. The van der Waals surface area contributed by atoms with Crippen molar-refractivity contribution in [2.45, 2.75) is 0 Å². The first-order chi connectivity index (χ1) is 7.18. The molecule has 0 bridgehead atoms. The second-order valence-electron chi connectivity index (χ2n) is 3.20. The van der Waals surface area contributed by atoms with E-state index in [4.69, 9.17) is 0 Å². The third kappa shape index (κ3) is 1.77. The molecule has 1 aliphatic rings. The Hall–Kier alpha value is -2.01. The minimum Gasteiger partial charge on any atom is -0.493 e. The van der Waals surface area contributed by atoms with Crippen molar-refractivity contribution in [1.29, 1.82) is 0 Å². The lowest BCUT2D eigenvalue weighted by Gasteiger charge is -2.26. The SMILES string of the molecule is CN1NC(=O)C(c2ccccc2)=C(O)N1. The van der Waals surface area contributed by atoms with Crippen LogP contribution in [0.1, 0.15) is 5.56 Å². The summed E-state index contributed by atoms with van der Waals surface area (Å²) in [6.07, 6.45) is 0. The van der Waals surface area contributed by atoms with Crippen LogP contribution in [0.3, 0.4) is 0 Å². The summed E-state index contributed by atoms with van der Waals surface area (Å²) in [7, 11) is 1.59. The Morgan fingerprint density at radius 1 is 1.20 bits per heavy atom. The number of carbonyl (C=O) groups is 1. The second-order valence-corrected chi connectivity index (χ2v) is 3.20. The first kappa shape index (κ1) is 9.54. The van der Waals surface area contributed by atoms with Crippen molar-refractivity contribution < 1.29 is 9.90 Å². The summed E-state index contributed by atoms with van der Waals surface area (Å²) < 4.78 is 0. The molecule has 0 spiro atoms. The molecule has 15 heavy (non-hydrogen) atoms. The highest BCUT2D eigenvalue weighted by Gasteiger charge is 2.23. The molecule has 0 aliphatic carbocycles. The van der Waals surface area contributed by atoms with E-state index in [1.807, 2.05) is 6.07 Å². The molecule has 1 amide bonds. The Labute approximate surface area is 87.0 Å². The lowest BCUT2D eigenvalue weighted by molar-refractivity contribution is -0.122. The maximum Gasteiger partial charge on any atom is 0.273 e. The predicted molar refractivity (Wildman–Crippen MR) is 55.0 cm³/mol. The number of carbonyl (C=O) groups excluding carboxylic acids is 1. The van der Waals surface area contributed by atoms with Crippen molar-refractivity contribution in [2.24, 2.45) is 0 Å². The van der Waals surface area contributed by atoms with E-state index in [-0.39, 0.29) is 17.4 Å². The Morgan fingerprint density at radius 2 is 1.87 bits per heavy atom. The zero-order valence-electron chi connectivity index (χ0n) is 8.19. The smallest absolute Gasteiger partial charge is 0.273 e. The Morgan fingerprint density at radius 3 is 2.47 bits per heavy atom. The zero-order valence-corrected chi connectivity index (χ0v) is 8.19. The number of aliphatic hydroxyl groups excluding tert-OH is 1. The second kappa shape index (κ2) is 3.62. The van der Waals surface area contributed by atoms with Crippen LogP contribution in [0.25, 0.3) is 5.57 Å². The Kier molecular flexibility index (Phi) is 2.31. The summed E-state index contributed by atoms with van der Waals surface area (Å²) in [5, 5.41) is 10.9. The topological polar surface area (TPSA) is 64.6 Å². The summed E-state index contributed by atoms with van der Waals surface area (Å²) in [6.45, 7) is 0. The molecule has 5 heteroatoms. The number of amides is 1. The molecule has 1 aromatic carbocycles. The van der Waals surface area contributed by atoms with Crippen molar-refractivity contribution >= 4 is 11.5 Å². The molecule has 0 saturated heterocycles. The van der Waals surface area contributed by atoms with Gasteiger partial charge in [-0.15, -0.1) is 5.12 Å². The molecule has 0 fully saturated rings. The highest BCUT2D eigenvalue weighted by atomic mass is 16.3. The molecule has 0 saturated carbocycles. The van der Waals surface area contributed by atoms with Crippen LogP contribution in [0.15, 0.2) is 36.2 Å². The van der Waals surface area contributed by atoms with E-state index < -0.39 is 0 Å². The van der Waals surface area contributed by atoms with Gasteiger partial charge in [-0.25, -0.2) is 0 Å². The fourth-order valence-corrected chi connectivity index (χ4v) is 1.43. The summed E-state index contributed by atoms with van der Waals surface area (Å²) in [5.41, 5.74) is 6.04. The number of hydrogen-bond acceptors (Lipinski definition) is 4. The lowest BCUT2D eigenvalue weighted by Crippen LogP contribution is -2.52. The molecular formula is C10H11N3O2. The number of hydrazine groups is 2. The third-order valence-corrected chi connectivity index (χ3v) is 2.07. The molecule has 1 aromatic rings. The third-order valence-electron chi connectivity index (χ3n) is 2.07. The van der Waals surface area contributed by atoms with Gasteiger partial charge in [0.25, 0.3) is 5.91 Å². The van der Waals surface area contributed by atoms with Gasteiger partial charge < -0.3 is 5.11 Å². The Bertz CT molecular complexity index is 414. The number of benzene rings is 1. The standard InChI is InChI=1S/C10H11N3O2/c1-13-11-9(14)8(10(15)12-13)7-5-3-2-4-6-7/h2-6,11,14H,1H3,(H,12,15). The zero-order chi connectivity index (χ0) is 10.8. The lowest BCUT2D eigenvalue weighted by atomic mass is 10.1. The largest absolute Gasteiger partial charge is 0.493 e.